The molecule has 1 aliphatic rings. The predicted molar refractivity (Wildman–Crippen MR) is 73.3 cm³/mol. The van der Waals surface area contributed by atoms with E-state index >= 15 is 0 Å². The van der Waals surface area contributed by atoms with Gasteiger partial charge in [-0.3, -0.25) is 4.79 Å². The number of benzene rings is 1. The third-order valence-corrected chi connectivity index (χ3v) is 6.35. The summed E-state index contributed by atoms with van der Waals surface area (Å²) < 4.78 is -0.427. The Balaban J connectivity index is 2.42. The molecule has 1 aromatic rings. The molecule has 4 heteroatoms. The number of carbonyl (C=O) groups is 1. The van der Waals surface area contributed by atoms with E-state index in [9.17, 15) is 4.79 Å². The molecule has 0 radical (unpaired) electrons. The molecule has 2 rings (SSSR count). The highest BCUT2D eigenvalue weighted by Crippen LogP contribution is 2.51. The molecule has 0 saturated carbocycles. The average molecular weight is 273 g/mol. The molecule has 0 aromatic heterocycles. The Labute approximate surface area is 109 Å². The van der Waals surface area contributed by atoms with Crippen molar-refractivity contribution in [1.29, 1.82) is 0 Å². The van der Waals surface area contributed by atoms with Crippen molar-refractivity contribution in [3.05, 3.63) is 34.9 Å². The van der Waals surface area contributed by atoms with Crippen molar-refractivity contribution in [3.8, 4) is 0 Å². The van der Waals surface area contributed by atoms with Crippen LogP contribution in [0.1, 0.15) is 18.9 Å². The van der Waals surface area contributed by atoms with Crippen molar-refractivity contribution in [2.24, 2.45) is 0 Å². The Morgan fingerprint density at radius 3 is 2.62 bits per heavy atom. The van der Waals surface area contributed by atoms with E-state index in [-0.39, 0.29) is 5.78 Å². The molecule has 1 aromatic carbocycles. The monoisotopic (exact) mass is 272 g/mol. The number of halogens is 1. The summed E-state index contributed by atoms with van der Waals surface area (Å²) in [5.74, 6) is 2.29. The molecule has 1 fully saturated rings. The molecule has 0 atom stereocenters. The number of hydrogen-bond acceptors (Lipinski definition) is 3. The minimum absolute atomic E-state index is 0.212. The SMILES string of the molecule is CC(=O)C1(c2cccc(Cl)c2)SCCCS1. The molecule has 0 aliphatic carbocycles. The first-order valence-electron chi connectivity index (χ1n) is 5.20. The predicted octanol–water partition coefficient (Wildman–Crippen LogP) is 3.95. The second-order valence-electron chi connectivity index (χ2n) is 3.73. The fourth-order valence-corrected chi connectivity index (χ4v) is 5.15. The number of Topliss-reactive ketones (excluding diaryl/α,β-unsaturated/α-hetero) is 1. The number of rotatable bonds is 2. The lowest BCUT2D eigenvalue weighted by Crippen LogP contribution is -2.30. The number of hydrogen-bond donors (Lipinski definition) is 0. The largest absolute Gasteiger partial charge is 0.297 e. The van der Waals surface area contributed by atoms with Crippen molar-refractivity contribution < 1.29 is 4.79 Å². The van der Waals surface area contributed by atoms with Gasteiger partial charge < -0.3 is 0 Å². The van der Waals surface area contributed by atoms with Crippen LogP contribution >= 0.6 is 35.1 Å². The second kappa shape index (κ2) is 5.03. The summed E-state index contributed by atoms with van der Waals surface area (Å²) >= 11 is 9.47. The molecule has 1 saturated heterocycles. The number of thioether (sulfide) groups is 2. The van der Waals surface area contributed by atoms with E-state index < -0.39 is 4.08 Å². The van der Waals surface area contributed by atoms with Gasteiger partial charge in [-0.15, -0.1) is 23.5 Å². The fourth-order valence-electron chi connectivity index (χ4n) is 1.80. The third-order valence-electron chi connectivity index (χ3n) is 2.57. The van der Waals surface area contributed by atoms with Crippen molar-refractivity contribution in [2.45, 2.75) is 17.4 Å². The van der Waals surface area contributed by atoms with Gasteiger partial charge in [0, 0.05) is 5.02 Å². The van der Waals surface area contributed by atoms with Gasteiger partial charge in [-0.1, -0.05) is 23.7 Å². The molecule has 0 amide bonds. The van der Waals surface area contributed by atoms with Crippen LogP contribution in [0.4, 0.5) is 0 Å². The van der Waals surface area contributed by atoms with E-state index in [1.807, 2.05) is 24.3 Å². The first-order valence-corrected chi connectivity index (χ1v) is 7.55. The molecule has 1 heterocycles. The van der Waals surface area contributed by atoms with Crippen molar-refractivity contribution in [2.75, 3.05) is 11.5 Å². The first-order chi connectivity index (χ1) is 7.65. The maximum Gasteiger partial charge on any atom is 0.160 e. The van der Waals surface area contributed by atoms with Crippen LogP contribution in [-0.2, 0) is 8.87 Å². The maximum atomic E-state index is 11.9. The molecule has 86 valence electrons. The van der Waals surface area contributed by atoms with Crippen LogP contribution in [0.2, 0.25) is 5.02 Å². The van der Waals surface area contributed by atoms with Gasteiger partial charge in [0.15, 0.2) is 5.78 Å². The van der Waals surface area contributed by atoms with E-state index in [4.69, 9.17) is 11.6 Å². The van der Waals surface area contributed by atoms with Gasteiger partial charge in [0.05, 0.1) is 0 Å². The van der Waals surface area contributed by atoms with Crippen LogP contribution in [-0.4, -0.2) is 17.3 Å². The molecule has 16 heavy (non-hydrogen) atoms. The normalized spacial score (nSPS) is 19.4. The quantitative estimate of drug-likeness (QED) is 0.811. The summed E-state index contributed by atoms with van der Waals surface area (Å²) in [6.07, 6.45) is 1.17. The average Bonchev–Trinajstić information content (AvgIpc) is 2.30. The smallest absolute Gasteiger partial charge is 0.160 e. The summed E-state index contributed by atoms with van der Waals surface area (Å²) in [6.45, 7) is 1.67. The second-order valence-corrected chi connectivity index (χ2v) is 7.05. The van der Waals surface area contributed by atoms with Gasteiger partial charge in [0.2, 0.25) is 0 Å². The highest BCUT2D eigenvalue weighted by atomic mass is 35.5. The van der Waals surface area contributed by atoms with E-state index in [1.54, 1.807) is 30.4 Å². The minimum Gasteiger partial charge on any atom is -0.297 e. The topological polar surface area (TPSA) is 17.1 Å². The summed E-state index contributed by atoms with van der Waals surface area (Å²) in [6, 6.07) is 7.67. The van der Waals surface area contributed by atoms with E-state index in [0.717, 1.165) is 17.1 Å². The molecule has 0 N–H and O–H groups in total. The molecule has 0 spiro atoms. The summed E-state index contributed by atoms with van der Waals surface area (Å²) in [5.41, 5.74) is 1.03. The van der Waals surface area contributed by atoms with Gasteiger partial charge in [0.1, 0.15) is 4.08 Å². The highest BCUT2D eigenvalue weighted by molar-refractivity contribution is 8.19. The molecule has 1 aliphatic heterocycles. The van der Waals surface area contributed by atoms with Crippen molar-refractivity contribution in [1.82, 2.24) is 0 Å². The first kappa shape index (κ1) is 12.3. The number of ketones is 1. The van der Waals surface area contributed by atoms with Crippen LogP contribution in [0.5, 0.6) is 0 Å². The highest BCUT2D eigenvalue weighted by Gasteiger charge is 2.40. The van der Waals surface area contributed by atoms with Gasteiger partial charge in [0.25, 0.3) is 0 Å². The lowest BCUT2D eigenvalue weighted by Gasteiger charge is -2.34. The summed E-state index contributed by atoms with van der Waals surface area (Å²) in [7, 11) is 0. The zero-order valence-electron chi connectivity index (χ0n) is 9.03. The van der Waals surface area contributed by atoms with Gasteiger partial charge in [-0.25, -0.2) is 0 Å². The fraction of sp³-hybridized carbons (Fsp3) is 0.417. The maximum absolute atomic E-state index is 11.9. The minimum atomic E-state index is -0.427. The molecule has 1 nitrogen and oxygen atoms in total. The molecule has 0 bridgehead atoms. The van der Waals surface area contributed by atoms with E-state index in [2.05, 4.69) is 0 Å². The Bertz CT molecular complexity index is 400. The Kier molecular flexibility index (Phi) is 3.88. The van der Waals surface area contributed by atoms with Crippen molar-refractivity contribution >= 4 is 40.9 Å². The number of carbonyl (C=O) groups excluding carboxylic acids is 1. The van der Waals surface area contributed by atoms with Gasteiger partial charge >= 0.3 is 0 Å². The standard InChI is InChI=1S/C12H13ClOS2/c1-9(14)12(15-6-3-7-16-12)10-4-2-5-11(13)8-10/h2,4-5,8H,3,6-7H2,1H3. The van der Waals surface area contributed by atoms with E-state index in [1.165, 1.54) is 6.42 Å². The zero-order chi connectivity index (χ0) is 11.6. The van der Waals surface area contributed by atoms with Crippen LogP contribution in [0, 0.1) is 0 Å². The third kappa shape index (κ3) is 2.27. The van der Waals surface area contributed by atoms with Crippen molar-refractivity contribution in [3.63, 3.8) is 0 Å². The van der Waals surface area contributed by atoms with E-state index in [0.29, 0.717) is 5.02 Å². The lowest BCUT2D eigenvalue weighted by molar-refractivity contribution is -0.117. The summed E-state index contributed by atoms with van der Waals surface area (Å²) in [5, 5.41) is 0.699. The summed E-state index contributed by atoms with van der Waals surface area (Å²) in [4.78, 5) is 11.9. The Morgan fingerprint density at radius 2 is 2.06 bits per heavy atom. The van der Waals surface area contributed by atoms with Crippen LogP contribution in [0.3, 0.4) is 0 Å². The van der Waals surface area contributed by atoms with Crippen LogP contribution in [0.25, 0.3) is 0 Å². The molecule has 0 unspecified atom stereocenters. The molecular formula is C12H13ClOS2. The van der Waals surface area contributed by atoms with Gasteiger partial charge in [-0.05, 0) is 42.5 Å². The van der Waals surface area contributed by atoms with Gasteiger partial charge in [-0.2, -0.15) is 0 Å². The Hall–Kier alpha value is -0.120. The lowest BCUT2D eigenvalue weighted by atomic mass is 10.1. The Morgan fingerprint density at radius 1 is 1.38 bits per heavy atom. The molecular weight excluding hydrogens is 260 g/mol. The van der Waals surface area contributed by atoms with Crippen LogP contribution < -0.4 is 0 Å². The zero-order valence-corrected chi connectivity index (χ0v) is 11.4. The van der Waals surface area contributed by atoms with Crippen LogP contribution in [0.15, 0.2) is 24.3 Å².